The number of carboxylic acid groups (broad SMARTS) is 1. The van der Waals surface area contributed by atoms with E-state index in [1.165, 1.54) is 19.3 Å². The van der Waals surface area contributed by atoms with E-state index in [0.29, 0.717) is 12.6 Å². The van der Waals surface area contributed by atoms with Crippen LogP contribution in [0.4, 0.5) is 0 Å². The summed E-state index contributed by atoms with van der Waals surface area (Å²) in [5.74, 6) is -2.23. The van der Waals surface area contributed by atoms with Crippen LogP contribution in [0.5, 0.6) is 0 Å². The first kappa shape index (κ1) is 16.0. The van der Waals surface area contributed by atoms with Crippen molar-refractivity contribution in [2.45, 2.75) is 46.1 Å². The predicted molar refractivity (Wildman–Crippen MR) is 73.9 cm³/mol. The molecule has 0 saturated carbocycles. The molecule has 1 aliphatic rings. The summed E-state index contributed by atoms with van der Waals surface area (Å²) in [4.78, 5) is 25.1. The van der Waals surface area contributed by atoms with Crippen molar-refractivity contribution in [2.24, 2.45) is 11.8 Å². The second kappa shape index (κ2) is 7.48. The van der Waals surface area contributed by atoms with Crippen molar-refractivity contribution in [1.29, 1.82) is 0 Å². The predicted octanol–water partition coefficient (Wildman–Crippen LogP) is 1.33. The third kappa shape index (κ3) is 4.82. The summed E-state index contributed by atoms with van der Waals surface area (Å²) in [6.45, 7) is 8.13. The number of amides is 1. The number of nitrogens with zero attached hydrogens (tertiary/aromatic N) is 1. The van der Waals surface area contributed by atoms with Gasteiger partial charge in [-0.2, -0.15) is 0 Å². The SMILES string of the molecule is CC(C(=O)O)C(C)C(=O)NCC(C)N1CCCCC1. The molecule has 0 aromatic heterocycles. The van der Waals surface area contributed by atoms with Gasteiger partial charge in [0.2, 0.25) is 5.91 Å². The second-order valence-corrected chi connectivity index (χ2v) is 5.61. The molecule has 5 nitrogen and oxygen atoms in total. The Bertz CT molecular complexity index is 314. The van der Waals surface area contributed by atoms with Gasteiger partial charge >= 0.3 is 5.97 Å². The van der Waals surface area contributed by atoms with Crippen LogP contribution in [0.25, 0.3) is 0 Å². The first-order valence-corrected chi connectivity index (χ1v) is 7.18. The van der Waals surface area contributed by atoms with Gasteiger partial charge in [-0.3, -0.25) is 14.5 Å². The van der Waals surface area contributed by atoms with Crippen LogP contribution in [0.15, 0.2) is 0 Å². The standard InChI is InChI=1S/C14H26N2O3/c1-10(16-7-5-4-6-8-16)9-15-13(17)11(2)12(3)14(18)19/h10-12H,4-9H2,1-3H3,(H,15,17)(H,18,19). The van der Waals surface area contributed by atoms with Gasteiger partial charge < -0.3 is 10.4 Å². The van der Waals surface area contributed by atoms with Gasteiger partial charge in [0.25, 0.3) is 0 Å². The molecule has 1 fully saturated rings. The van der Waals surface area contributed by atoms with E-state index < -0.39 is 17.8 Å². The van der Waals surface area contributed by atoms with Crippen molar-refractivity contribution in [3.63, 3.8) is 0 Å². The summed E-state index contributed by atoms with van der Waals surface area (Å²) in [7, 11) is 0. The number of carbonyl (C=O) groups excluding carboxylic acids is 1. The van der Waals surface area contributed by atoms with Gasteiger partial charge in [-0.05, 0) is 32.9 Å². The van der Waals surface area contributed by atoms with E-state index in [1.54, 1.807) is 13.8 Å². The minimum Gasteiger partial charge on any atom is -0.481 e. The van der Waals surface area contributed by atoms with E-state index in [4.69, 9.17) is 5.11 Å². The maximum absolute atomic E-state index is 11.9. The molecule has 0 aromatic rings. The van der Waals surface area contributed by atoms with Crippen LogP contribution in [-0.2, 0) is 9.59 Å². The zero-order valence-corrected chi connectivity index (χ0v) is 12.2. The molecule has 1 amide bonds. The average molecular weight is 270 g/mol. The zero-order valence-electron chi connectivity index (χ0n) is 12.2. The minimum atomic E-state index is -0.924. The number of likely N-dealkylation sites (tertiary alicyclic amines) is 1. The molecule has 1 aliphatic heterocycles. The monoisotopic (exact) mass is 270 g/mol. The highest BCUT2D eigenvalue weighted by molar-refractivity contribution is 5.84. The Kier molecular flexibility index (Phi) is 6.28. The maximum atomic E-state index is 11.9. The number of carbonyl (C=O) groups is 2. The molecule has 5 heteroatoms. The van der Waals surface area contributed by atoms with Gasteiger partial charge in [0.05, 0.1) is 5.92 Å². The van der Waals surface area contributed by atoms with Crippen molar-refractivity contribution in [1.82, 2.24) is 10.2 Å². The molecule has 0 radical (unpaired) electrons. The Hall–Kier alpha value is -1.10. The van der Waals surface area contributed by atoms with Crippen LogP contribution in [0.1, 0.15) is 40.0 Å². The highest BCUT2D eigenvalue weighted by atomic mass is 16.4. The smallest absolute Gasteiger partial charge is 0.307 e. The fraction of sp³-hybridized carbons (Fsp3) is 0.857. The zero-order chi connectivity index (χ0) is 14.4. The molecule has 0 aromatic carbocycles. The Morgan fingerprint density at radius 3 is 2.21 bits per heavy atom. The van der Waals surface area contributed by atoms with Crippen LogP contribution >= 0.6 is 0 Å². The minimum absolute atomic E-state index is 0.168. The summed E-state index contributed by atoms with van der Waals surface area (Å²) in [5.41, 5.74) is 0. The fourth-order valence-corrected chi connectivity index (χ4v) is 2.34. The van der Waals surface area contributed by atoms with Gasteiger partial charge in [-0.25, -0.2) is 0 Å². The third-order valence-corrected chi connectivity index (χ3v) is 4.14. The molecule has 3 unspecified atom stereocenters. The molecule has 0 spiro atoms. The number of aliphatic carboxylic acids is 1. The Morgan fingerprint density at radius 2 is 1.68 bits per heavy atom. The first-order chi connectivity index (χ1) is 8.93. The molecular weight excluding hydrogens is 244 g/mol. The van der Waals surface area contributed by atoms with Crippen LogP contribution in [-0.4, -0.2) is 47.6 Å². The van der Waals surface area contributed by atoms with E-state index in [1.807, 2.05) is 0 Å². The molecule has 110 valence electrons. The molecular formula is C14H26N2O3. The molecule has 0 bridgehead atoms. The van der Waals surface area contributed by atoms with Crippen LogP contribution in [0.3, 0.4) is 0 Å². The number of piperidine rings is 1. The van der Waals surface area contributed by atoms with Crippen LogP contribution in [0, 0.1) is 11.8 Å². The molecule has 19 heavy (non-hydrogen) atoms. The lowest BCUT2D eigenvalue weighted by Gasteiger charge is -2.32. The lowest BCUT2D eigenvalue weighted by atomic mass is 9.95. The third-order valence-electron chi connectivity index (χ3n) is 4.14. The van der Waals surface area contributed by atoms with E-state index in [9.17, 15) is 9.59 Å². The number of hydrogen-bond donors (Lipinski definition) is 2. The highest BCUT2D eigenvalue weighted by Gasteiger charge is 2.26. The van der Waals surface area contributed by atoms with Crippen molar-refractivity contribution in [3.8, 4) is 0 Å². The van der Waals surface area contributed by atoms with Crippen molar-refractivity contribution >= 4 is 11.9 Å². The summed E-state index contributed by atoms with van der Waals surface area (Å²) in [5, 5.41) is 11.8. The Balaban J connectivity index is 2.34. The summed E-state index contributed by atoms with van der Waals surface area (Å²) in [6, 6.07) is 0.316. The van der Waals surface area contributed by atoms with Crippen molar-refractivity contribution in [2.75, 3.05) is 19.6 Å². The van der Waals surface area contributed by atoms with Crippen LogP contribution < -0.4 is 5.32 Å². The Morgan fingerprint density at radius 1 is 1.11 bits per heavy atom. The van der Waals surface area contributed by atoms with Gasteiger partial charge in [-0.15, -0.1) is 0 Å². The second-order valence-electron chi connectivity index (χ2n) is 5.61. The van der Waals surface area contributed by atoms with Gasteiger partial charge in [-0.1, -0.05) is 20.3 Å². The number of carboxylic acids is 1. The summed E-state index contributed by atoms with van der Waals surface area (Å²) < 4.78 is 0. The average Bonchev–Trinajstić information content (AvgIpc) is 2.43. The first-order valence-electron chi connectivity index (χ1n) is 7.18. The van der Waals surface area contributed by atoms with Crippen molar-refractivity contribution < 1.29 is 14.7 Å². The summed E-state index contributed by atoms with van der Waals surface area (Å²) in [6.07, 6.45) is 3.75. The largest absolute Gasteiger partial charge is 0.481 e. The molecule has 3 atom stereocenters. The molecule has 1 saturated heterocycles. The van der Waals surface area contributed by atoms with Crippen molar-refractivity contribution in [3.05, 3.63) is 0 Å². The number of rotatable bonds is 6. The number of nitrogens with one attached hydrogen (secondary N) is 1. The number of hydrogen-bond acceptors (Lipinski definition) is 3. The lowest BCUT2D eigenvalue weighted by molar-refractivity contribution is -0.146. The Labute approximate surface area is 115 Å². The highest BCUT2D eigenvalue weighted by Crippen LogP contribution is 2.13. The molecule has 1 rings (SSSR count). The quantitative estimate of drug-likeness (QED) is 0.764. The van der Waals surface area contributed by atoms with Crippen LogP contribution in [0.2, 0.25) is 0 Å². The normalized spacial score (nSPS) is 21.4. The van der Waals surface area contributed by atoms with E-state index in [-0.39, 0.29) is 5.91 Å². The molecule has 0 aliphatic carbocycles. The molecule has 1 heterocycles. The fourth-order valence-electron chi connectivity index (χ4n) is 2.34. The van der Waals surface area contributed by atoms with E-state index in [0.717, 1.165) is 13.1 Å². The van der Waals surface area contributed by atoms with E-state index in [2.05, 4.69) is 17.1 Å². The summed E-state index contributed by atoms with van der Waals surface area (Å²) >= 11 is 0. The van der Waals surface area contributed by atoms with E-state index >= 15 is 0 Å². The lowest BCUT2D eigenvalue weighted by Crippen LogP contribution is -2.46. The van der Waals surface area contributed by atoms with Gasteiger partial charge in [0, 0.05) is 18.5 Å². The van der Waals surface area contributed by atoms with Gasteiger partial charge in [0.1, 0.15) is 0 Å². The maximum Gasteiger partial charge on any atom is 0.307 e. The topological polar surface area (TPSA) is 69.6 Å². The molecule has 2 N–H and O–H groups in total. The van der Waals surface area contributed by atoms with Gasteiger partial charge in [0.15, 0.2) is 0 Å².